The molecule has 0 saturated heterocycles. The smallest absolute Gasteiger partial charge is 0.243 e. The number of carbonyl (C=O) groups excluding carboxylic acids is 2. The lowest BCUT2D eigenvalue weighted by Gasteiger charge is -2.18. The maximum Gasteiger partial charge on any atom is 0.243 e. The molecular weight excluding hydrogens is 321 g/mol. The van der Waals surface area contributed by atoms with Crippen molar-refractivity contribution in [3.63, 3.8) is 0 Å². The van der Waals surface area contributed by atoms with Crippen LogP contribution in [0.2, 0.25) is 0 Å². The van der Waals surface area contributed by atoms with Crippen LogP contribution in [0.3, 0.4) is 0 Å². The van der Waals surface area contributed by atoms with Gasteiger partial charge in [-0.15, -0.1) is 0 Å². The number of halogens is 1. The number of carbonyl (C=O) groups is 2. The maximum absolute atomic E-state index is 13.5. The molecule has 5 nitrogen and oxygen atoms in total. The summed E-state index contributed by atoms with van der Waals surface area (Å²) in [5.41, 5.74) is 0.902. The van der Waals surface area contributed by atoms with E-state index in [2.05, 4.69) is 16.0 Å². The molecule has 0 aliphatic heterocycles. The standard InChI is InChI=1S/C19H22FN3O2/c1-19(2,3)18(25)23-14-8-6-7-13(11-14)22-17(24)12-21-16-10-5-4-9-15(16)20/h4-11,21H,12H2,1-3H3,(H,22,24)(H,23,25). The molecule has 2 aromatic rings. The van der Waals surface area contributed by atoms with Gasteiger partial charge in [0.25, 0.3) is 0 Å². The molecule has 0 unspecified atom stereocenters. The van der Waals surface area contributed by atoms with Gasteiger partial charge >= 0.3 is 0 Å². The Hall–Kier alpha value is -2.89. The van der Waals surface area contributed by atoms with Crippen LogP contribution in [0.15, 0.2) is 48.5 Å². The zero-order chi connectivity index (χ0) is 18.4. The Balaban J connectivity index is 1.94. The van der Waals surface area contributed by atoms with Crippen molar-refractivity contribution >= 4 is 28.9 Å². The van der Waals surface area contributed by atoms with E-state index < -0.39 is 11.2 Å². The minimum absolute atomic E-state index is 0.0699. The molecule has 0 radical (unpaired) electrons. The molecule has 2 aromatic carbocycles. The largest absolute Gasteiger partial charge is 0.374 e. The fourth-order valence-electron chi connectivity index (χ4n) is 1.98. The number of nitrogens with one attached hydrogen (secondary N) is 3. The molecule has 6 heteroatoms. The van der Waals surface area contributed by atoms with Crippen LogP contribution in [0, 0.1) is 11.2 Å². The third-order valence-electron chi connectivity index (χ3n) is 3.40. The molecule has 25 heavy (non-hydrogen) atoms. The number of hydrogen-bond acceptors (Lipinski definition) is 3. The summed E-state index contributed by atoms with van der Waals surface area (Å²) < 4.78 is 13.5. The number of hydrogen-bond donors (Lipinski definition) is 3. The minimum Gasteiger partial charge on any atom is -0.374 e. The van der Waals surface area contributed by atoms with Gasteiger partial charge in [0.1, 0.15) is 5.82 Å². The minimum atomic E-state index is -0.511. The van der Waals surface area contributed by atoms with Crippen LogP contribution in [-0.4, -0.2) is 18.4 Å². The molecule has 0 heterocycles. The van der Waals surface area contributed by atoms with E-state index in [-0.39, 0.29) is 24.0 Å². The molecule has 2 rings (SSSR count). The molecule has 3 N–H and O–H groups in total. The van der Waals surface area contributed by atoms with Crippen LogP contribution >= 0.6 is 0 Å². The predicted molar refractivity (Wildman–Crippen MR) is 98.0 cm³/mol. The SMILES string of the molecule is CC(C)(C)C(=O)Nc1cccc(NC(=O)CNc2ccccc2F)c1. The Labute approximate surface area is 146 Å². The van der Waals surface area contributed by atoms with Gasteiger partial charge in [-0.05, 0) is 30.3 Å². The number of para-hydroxylation sites is 1. The number of anilines is 3. The van der Waals surface area contributed by atoms with Crippen molar-refractivity contribution in [2.75, 3.05) is 22.5 Å². The van der Waals surface area contributed by atoms with Crippen molar-refractivity contribution < 1.29 is 14.0 Å². The van der Waals surface area contributed by atoms with Crippen LogP contribution < -0.4 is 16.0 Å². The van der Waals surface area contributed by atoms with Gasteiger partial charge in [-0.3, -0.25) is 9.59 Å². The van der Waals surface area contributed by atoms with E-state index in [0.29, 0.717) is 11.4 Å². The highest BCUT2D eigenvalue weighted by molar-refractivity contribution is 5.97. The van der Waals surface area contributed by atoms with Gasteiger partial charge in [-0.2, -0.15) is 0 Å². The van der Waals surface area contributed by atoms with Gasteiger partial charge < -0.3 is 16.0 Å². The summed E-state index contributed by atoms with van der Waals surface area (Å²) in [5.74, 6) is -0.845. The summed E-state index contributed by atoms with van der Waals surface area (Å²) in [6, 6.07) is 13.0. The summed E-state index contributed by atoms with van der Waals surface area (Å²) in [5, 5.41) is 8.26. The fraction of sp³-hybridized carbons (Fsp3) is 0.263. The van der Waals surface area contributed by atoms with Crippen molar-refractivity contribution in [1.82, 2.24) is 0 Å². The number of benzene rings is 2. The molecule has 0 aromatic heterocycles. The summed E-state index contributed by atoms with van der Waals surface area (Å²) in [6.07, 6.45) is 0. The van der Waals surface area contributed by atoms with Crippen LogP contribution in [0.4, 0.5) is 21.5 Å². The molecule has 0 bridgehead atoms. The van der Waals surface area contributed by atoms with Gasteiger partial charge in [0.05, 0.1) is 12.2 Å². The van der Waals surface area contributed by atoms with Crippen LogP contribution in [-0.2, 0) is 9.59 Å². The lowest BCUT2D eigenvalue weighted by atomic mass is 9.95. The van der Waals surface area contributed by atoms with Crippen molar-refractivity contribution in [1.29, 1.82) is 0 Å². The van der Waals surface area contributed by atoms with Gasteiger partial charge in [0.2, 0.25) is 11.8 Å². The Kier molecular flexibility index (Phi) is 5.75. The number of rotatable bonds is 5. The first-order valence-electron chi connectivity index (χ1n) is 7.95. The van der Waals surface area contributed by atoms with Gasteiger partial charge in [0, 0.05) is 16.8 Å². The zero-order valence-electron chi connectivity index (χ0n) is 14.5. The normalized spacial score (nSPS) is 10.9. The second-order valence-corrected chi connectivity index (χ2v) is 6.67. The first-order chi connectivity index (χ1) is 11.8. The Morgan fingerprint density at radius 1 is 0.960 bits per heavy atom. The molecule has 0 saturated carbocycles. The van der Waals surface area contributed by atoms with E-state index in [1.807, 2.05) is 20.8 Å². The third kappa shape index (κ3) is 5.60. The van der Waals surface area contributed by atoms with E-state index >= 15 is 0 Å². The van der Waals surface area contributed by atoms with E-state index in [1.54, 1.807) is 42.5 Å². The highest BCUT2D eigenvalue weighted by Crippen LogP contribution is 2.20. The molecule has 0 fully saturated rings. The van der Waals surface area contributed by atoms with E-state index in [4.69, 9.17) is 0 Å². The van der Waals surface area contributed by atoms with Crippen LogP contribution in [0.1, 0.15) is 20.8 Å². The van der Waals surface area contributed by atoms with Crippen LogP contribution in [0.5, 0.6) is 0 Å². The molecule has 132 valence electrons. The highest BCUT2D eigenvalue weighted by Gasteiger charge is 2.21. The molecule has 0 spiro atoms. The van der Waals surface area contributed by atoms with Crippen LogP contribution in [0.25, 0.3) is 0 Å². The fourth-order valence-corrected chi connectivity index (χ4v) is 1.98. The molecule has 0 aliphatic carbocycles. The first kappa shape index (κ1) is 18.4. The van der Waals surface area contributed by atoms with Crippen molar-refractivity contribution in [3.05, 3.63) is 54.3 Å². The summed E-state index contributed by atoms with van der Waals surface area (Å²) >= 11 is 0. The second-order valence-electron chi connectivity index (χ2n) is 6.67. The first-order valence-corrected chi connectivity index (χ1v) is 7.95. The van der Waals surface area contributed by atoms with Gasteiger partial charge in [0.15, 0.2) is 0 Å². The summed E-state index contributed by atoms with van der Waals surface area (Å²) in [6.45, 7) is 5.40. The quantitative estimate of drug-likeness (QED) is 0.772. The van der Waals surface area contributed by atoms with Crippen molar-refractivity contribution in [2.24, 2.45) is 5.41 Å². The monoisotopic (exact) mass is 343 g/mol. The predicted octanol–water partition coefficient (Wildman–Crippen LogP) is 3.86. The second kappa shape index (κ2) is 7.79. The average Bonchev–Trinajstić information content (AvgIpc) is 2.53. The summed E-state index contributed by atoms with van der Waals surface area (Å²) in [7, 11) is 0. The lowest BCUT2D eigenvalue weighted by Crippen LogP contribution is -2.27. The Morgan fingerprint density at radius 3 is 2.24 bits per heavy atom. The third-order valence-corrected chi connectivity index (χ3v) is 3.40. The van der Waals surface area contributed by atoms with Gasteiger partial charge in [-0.1, -0.05) is 39.0 Å². The number of amides is 2. The van der Waals surface area contributed by atoms with Gasteiger partial charge in [-0.25, -0.2) is 4.39 Å². The van der Waals surface area contributed by atoms with E-state index in [1.165, 1.54) is 6.07 Å². The lowest BCUT2D eigenvalue weighted by molar-refractivity contribution is -0.123. The molecule has 2 amide bonds. The molecular formula is C19H22FN3O2. The molecule has 0 atom stereocenters. The summed E-state index contributed by atoms with van der Waals surface area (Å²) in [4.78, 5) is 24.0. The van der Waals surface area contributed by atoms with E-state index in [9.17, 15) is 14.0 Å². The highest BCUT2D eigenvalue weighted by atomic mass is 19.1. The Morgan fingerprint density at radius 2 is 1.60 bits per heavy atom. The average molecular weight is 343 g/mol. The molecule has 0 aliphatic rings. The van der Waals surface area contributed by atoms with Crippen molar-refractivity contribution in [2.45, 2.75) is 20.8 Å². The van der Waals surface area contributed by atoms with Crippen molar-refractivity contribution in [3.8, 4) is 0 Å². The zero-order valence-corrected chi connectivity index (χ0v) is 14.5. The Bertz CT molecular complexity index is 769. The topological polar surface area (TPSA) is 70.2 Å². The maximum atomic E-state index is 13.5. The van der Waals surface area contributed by atoms with E-state index in [0.717, 1.165) is 0 Å².